The van der Waals surface area contributed by atoms with E-state index in [9.17, 15) is 0 Å². The maximum atomic E-state index is 4.68. The van der Waals surface area contributed by atoms with Crippen molar-refractivity contribution >= 4 is 16.9 Å². The normalized spacial score (nSPS) is 39.2. The van der Waals surface area contributed by atoms with Crippen LogP contribution in [0.2, 0.25) is 0 Å². The van der Waals surface area contributed by atoms with Crippen LogP contribution in [0.1, 0.15) is 26.2 Å². The Morgan fingerprint density at radius 3 is 2.88 bits per heavy atom. The molecule has 3 nitrogen and oxygen atoms in total. The van der Waals surface area contributed by atoms with E-state index in [-0.39, 0.29) is 0 Å². The first-order valence-corrected chi connectivity index (χ1v) is 7.76. The van der Waals surface area contributed by atoms with Gasteiger partial charge in [-0.05, 0) is 44.7 Å². The quantitative estimate of drug-likeness (QED) is 0.813. The second kappa shape index (κ2) is 4.81. The van der Waals surface area contributed by atoms with Crippen LogP contribution in [0.15, 0.2) is 4.99 Å². The highest BCUT2D eigenvalue weighted by molar-refractivity contribution is 8.14. The van der Waals surface area contributed by atoms with E-state index in [1.807, 2.05) is 11.8 Å². The Labute approximate surface area is 108 Å². The summed E-state index contributed by atoms with van der Waals surface area (Å²) in [7, 11) is 2.22. The van der Waals surface area contributed by atoms with E-state index in [0.29, 0.717) is 6.04 Å². The van der Waals surface area contributed by atoms with Gasteiger partial charge in [-0.15, -0.1) is 0 Å². The highest BCUT2D eigenvalue weighted by Crippen LogP contribution is 2.41. The molecule has 1 saturated carbocycles. The number of nitrogens with one attached hydrogen (secondary N) is 1. The molecule has 0 aromatic heterocycles. The number of nitrogens with zero attached hydrogens (tertiary/aromatic N) is 2. The van der Waals surface area contributed by atoms with Gasteiger partial charge in [0.15, 0.2) is 5.17 Å². The second-order valence-corrected chi connectivity index (χ2v) is 7.15. The number of likely N-dealkylation sites (tertiary alicyclic amines) is 1. The molecule has 4 heteroatoms. The van der Waals surface area contributed by atoms with Gasteiger partial charge in [-0.2, -0.15) is 0 Å². The number of amidine groups is 1. The van der Waals surface area contributed by atoms with E-state index in [0.717, 1.165) is 23.6 Å². The summed E-state index contributed by atoms with van der Waals surface area (Å²) >= 11 is 2.00. The summed E-state index contributed by atoms with van der Waals surface area (Å²) in [5.41, 5.74) is 0. The minimum Gasteiger partial charge on any atom is -0.362 e. The first-order chi connectivity index (χ1) is 8.22. The maximum Gasteiger partial charge on any atom is 0.157 e. The predicted octanol–water partition coefficient (Wildman–Crippen LogP) is 1.80. The van der Waals surface area contributed by atoms with Crippen molar-refractivity contribution in [1.82, 2.24) is 10.2 Å². The number of hydrogen-bond donors (Lipinski definition) is 1. The summed E-state index contributed by atoms with van der Waals surface area (Å²) in [6.45, 7) is 5.83. The van der Waals surface area contributed by atoms with Crippen molar-refractivity contribution in [2.45, 2.75) is 37.5 Å². The van der Waals surface area contributed by atoms with Gasteiger partial charge in [0.25, 0.3) is 0 Å². The van der Waals surface area contributed by atoms with Crippen molar-refractivity contribution < 1.29 is 0 Å². The molecule has 0 radical (unpaired) electrons. The topological polar surface area (TPSA) is 27.6 Å². The third kappa shape index (κ3) is 2.79. The molecule has 96 valence electrons. The van der Waals surface area contributed by atoms with Gasteiger partial charge in [-0.3, -0.25) is 4.99 Å². The van der Waals surface area contributed by atoms with E-state index in [2.05, 4.69) is 29.2 Å². The van der Waals surface area contributed by atoms with Gasteiger partial charge in [-0.25, -0.2) is 0 Å². The number of thioether (sulfide) groups is 1. The minimum atomic E-state index is 0.635. The highest BCUT2D eigenvalue weighted by Gasteiger charge is 2.36. The molecule has 0 aromatic rings. The number of piperidine rings is 1. The van der Waals surface area contributed by atoms with Gasteiger partial charge < -0.3 is 10.2 Å². The van der Waals surface area contributed by atoms with Crippen LogP contribution < -0.4 is 5.32 Å². The molecule has 0 bridgehead atoms. The molecule has 0 spiro atoms. The van der Waals surface area contributed by atoms with Gasteiger partial charge in [0, 0.05) is 17.8 Å². The minimum absolute atomic E-state index is 0.635. The molecule has 1 saturated heterocycles. The summed E-state index contributed by atoms with van der Waals surface area (Å²) in [6.07, 6.45) is 4.13. The van der Waals surface area contributed by atoms with Crippen molar-refractivity contribution in [2.24, 2.45) is 16.8 Å². The standard InChI is InChI=1S/C13H23N3S/c1-9-8-16(2)6-5-11(9)15-13-14-7-12(17-13)10-3-4-10/h9-12H,3-8H2,1-2H3,(H,14,15). The smallest absolute Gasteiger partial charge is 0.157 e. The third-order valence-electron chi connectivity index (χ3n) is 4.24. The van der Waals surface area contributed by atoms with E-state index in [1.165, 1.54) is 37.5 Å². The zero-order valence-corrected chi connectivity index (χ0v) is 11.7. The Hall–Kier alpha value is -0.220. The van der Waals surface area contributed by atoms with Gasteiger partial charge in [0.2, 0.25) is 0 Å². The van der Waals surface area contributed by atoms with Crippen molar-refractivity contribution in [2.75, 3.05) is 26.7 Å². The van der Waals surface area contributed by atoms with Crippen molar-refractivity contribution in [3.63, 3.8) is 0 Å². The van der Waals surface area contributed by atoms with Crippen LogP contribution >= 0.6 is 11.8 Å². The lowest BCUT2D eigenvalue weighted by Crippen LogP contribution is -2.48. The first-order valence-electron chi connectivity index (χ1n) is 6.88. The second-order valence-electron chi connectivity index (χ2n) is 5.92. The van der Waals surface area contributed by atoms with Crippen LogP contribution in [0.5, 0.6) is 0 Å². The third-order valence-corrected chi connectivity index (χ3v) is 5.55. The molecule has 3 rings (SSSR count). The Morgan fingerprint density at radius 2 is 2.18 bits per heavy atom. The Bertz CT molecular complexity index is 314. The fourth-order valence-electron chi connectivity index (χ4n) is 2.91. The lowest BCUT2D eigenvalue weighted by molar-refractivity contribution is 0.187. The molecular weight excluding hydrogens is 230 g/mol. The molecular formula is C13H23N3S. The fourth-order valence-corrected chi connectivity index (χ4v) is 4.18. The van der Waals surface area contributed by atoms with Gasteiger partial charge >= 0.3 is 0 Å². The summed E-state index contributed by atoms with van der Waals surface area (Å²) in [5.74, 6) is 1.70. The first kappa shape index (κ1) is 11.8. The molecule has 2 aliphatic heterocycles. The van der Waals surface area contributed by atoms with Gasteiger partial charge in [0.05, 0.1) is 6.54 Å². The molecule has 2 fully saturated rings. The van der Waals surface area contributed by atoms with Crippen LogP contribution in [-0.4, -0.2) is 48.0 Å². The molecule has 3 unspecified atom stereocenters. The summed E-state index contributed by atoms with van der Waals surface area (Å²) in [5, 5.41) is 5.70. The van der Waals surface area contributed by atoms with E-state index in [4.69, 9.17) is 0 Å². The lowest BCUT2D eigenvalue weighted by atomic mass is 9.94. The van der Waals surface area contributed by atoms with E-state index >= 15 is 0 Å². The average molecular weight is 253 g/mol. The molecule has 2 heterocycles. The molecule has 17 heavy (non-hydrogen) atoms. The van der Waals surface area contributed by atoms with Gasteiger partial charge in [0.1, 0.15) is 0 Å². The van der Waals surface area contributed by atoms with Crippen molar-refractivity contribution in [3.8, 4) is 0 Å². The number of aliphatic imine (C=N–C) groups is 1. The van der Waals surface area contributed by atoms with Crippen LogP contribution in [-0.2, 0) is 0 Å². The molecule has 3 aliphatic rings. The number of rotatable bonds is 2. The van der Waals surface area contributed by atoms with Crippen LogP contribution in [0, 0.1) is 11.8 Å². The monoisotopic (exact) mass is 253 g/mol. The maximum absolute atomic E-state index is 4.68. The fraction of sp³-hybridized carbons (Fsp3) is 0.923. The molecule has 0 aromatic carbocycles. The van der Waals surface area contributed by atoms with Crippen LogP contribution in [0.4, 0.5) is 0 Å². The zero-order chi connectivity index (χ0) is 11.8. The van der Waals surface area contributed by atoms with Crippen LogP contribution in [0.3, 0.4) is 0 Å². The summed E-state index contributed by atoms with van der Waals surface area (Å²) in [6, 6.07) is 0.635. The molecule has 1 aliphatic carbocycles. The van der Waals surface area contributed by atoms with Crippen molar-refractivity contribution in [1.29, 1.82) is 0 Å². The summed E-state index contributed by atoms with van der Waals surface area (Å²) in [4.78, 5) is 7.11. The predicted molar refractivity (Wildman–Crippen MR) is 74.6 cm³/mol. The molecule has 1 N–H and O–H groups in total. The highest BCUT2D eigenvalue weighted by atomic mass is 32.2. The molecule has 3 atom stereocenters. The zero-order valence-electron chi connectivity index (χ0n) is 10.9. The Balaban J connectivity index is 1.50. The van der Waals surface area contributed by atoms with E-state index < -0.39 is 0 Å². The number of hydrogen-bond acceptors (Lipinski definition) is 4. The largest absolute Gasteiger partial charge is 0.362 e. The van der Waals surface area contributed by atoms with Crippen LogP contribution in [0.25, 0.3) is 0 Å². The SMILES string of the molecule is CC1CN(C)CCC1NC1=NCC(C2CC2)S1. The van der Waals surface area contributed by atoms with Crippen molar-refractivity contribution in [3.05, 3.63) is 0 Å². The van der Waals surface area contributed by atoms with Gasteiger partial charge in [-0.1, -0.05) is 18.7 Å². The molecule has 0 amide bonds. The lowest BCUT2D eigenvalue weighted by Gasteiger charge is -2.35. The Kier molecular flexibility index (Phi) is 3.35. The average Bonchev–Trinajstić information content (AvgIpc) is 3.04. The van der Waals surface area contributed by atoms with E-state index in [1.54, 1.807) is 0 Å². The summed E-state index contributed by atoms with van der Waals surface area (Å²) < 4.78 is 0. The Morgan fingerprint density at radius 1 is 1.35 bits per heavy atom.